The third-order valence-electron chi connectivity index (χ3n) is 7.27. The van der Waals surface area contributed by atoms with Gasteiger partial charge in [0.2, 0.25) is 5.91 Å². The molecule has 1 N–H and O–H groups in total. The van der Waals surface area contributed by atoms with Crippen molar-refractivity contribution < 1.29 is 19.1 Å². The Balaban J connectivity index is 1.64. The Labute approximate surface area is 229 Å². The molecule has 0 radical (unpaired) electrons. The number of rotatable bonds is 7. The fourth-order valence-electron chi connectivity index (χ4n) is 5.16. The zero-order valence-corrected chi connectivity index (χ0v) is 22.5. The molecule has 0 fully saturated rings. The number of fused-ring (bicyclic) bond motifs is 1. The van der Waals surface area contributed by atoms with Crippen LogP contribution in [0.2, 0.25) is 0 Å². The zero-order valence-electron chi connectivity index (χ0n) is 22.5. The van der Waals surface area contributed by atoms with Crippen LogP contribution < -0.4 is 19.7 Å². The SMILES string of the molecule is COc1ccc([C@@H]2[C@@H](C(=O)Nc3ccc(C(C)C)cc3)c3ccccc3C(=O)N2c2ccc(OC)cc2)cc1. The van der Waals surface area contributed by atoms with Crippen LogP contribution in [0.4, 0.5) is 11.4 Å². The zero-order chi connectivity index (χ0) is 27.5. The maximum Gasteiger partial charge on any atom is 0.259 e. The van der Waals surface area contributed by atoms with Gasteiger partial charge in [0.1, 0.15) is 11.5 Å². The van der Waals surface area contributed by atoms with Gasteiger partial charge in [0.15, 0.2) is 0 Å². The number of hydrogen-bond acceptors (Lipinski definition) is 4. The number of hydrogen-bond donors (Lipinski definition) is 1. The van der Waals surface area contributed by atoms with Gasteiger partial charge in [0, 0.05) is 16.9 Å². The quantitative estimate of drug-likeness (QED) is 0.286. The molecule has 6 nitrogen and oxygen atoms in total. The van der Waals surface area contributed by atoms with Gasteiger partial charge in [-0.05, 0) is 77.2 Å². The van der Waals surface area contributed by atoms with Crippen molar-refractivity contribution in [1.82, 2.24) is 0 Å². The Kier molecular flexibility index (Phi) is 7.37. The molecule has 4 aromatic rings. The van der Waals surface area contributed by atoms with Crippen LogP contribution in [-0.4, -0.2) is 26.0 Å². The van der Waals surface area contributed by atoms with E-state index in [0.717, 1.165) is 5.56 Å². The lowest BCUT2D eigenvalue weighted by Gasteiger charge is -2.42. The Morgan fingerprint density at radius 2 is 1.38 bits per heavy atom. The molecular formula is C33H32N2O4. The van der Waals surface area contributed by atoms with Crippen LogP contribution in [0.3, 0.4) is 0 Å². The van der Waals surface area contributed by atoms with E-state index in [-0.39, 0.29) is 11.8 Å². The third-order valence-corrected chi connectivity index (χ3v) is 7.27. The summed E-state index contributed by atoms with van der Waals surface area (Å²) in [6.45, 7) is 4.27. The number of nitrogens with one attached hydrogen (secondary N) is 1. The molecule has 0 aliphatic carbocycles. The molecule has 0 bridgehead atoms. The van der Waals surface area contributed by atoms with Crippen LogP contribution >= 0.6 is 0 Å². The summed E-state index contributed by atoms with van der Waals surface area (Å²) in [6.07, 6.45) is 0. The first-order valence-corrected chi connectivity index (χ1v) is 13.0. The lowest BCUT2D eigenvalue weighted by Crippen LogP contribution is -2.46. The number of methoxy groups -OCH3 is 2. The number of carbonyl (C=O) groups is 2. The van der Waals surface area contributed by atoms with E-state index in [0.29, 0.717) is 39.9 Å². The fraction of sp³-hybridized carbons (Fsp3) is 0.212. The molecular weight excluding hydrogens is 488 g/mol. The highest BCUT2D eigenvalue weighted by molar-refractivity contribution is 6.12. The highest BCUT2D eigenvalue weighted by Crippen LogP contribution is 2.46. The van der Waals surface area contributed by atoms with Gasteiger partial charge in [-0.2, -0.15) is 0 Å². The molecule has 2 amide bonds. The van der Waals surface area contributed by atoms with E-state index in [2.05, 4.69) is 19.2 Å². The van der Waals surface area contributed by atoms with Crippen molar-refractivity contribution in [2.45, 2.75) is 31.7 Å². The van der Waals surface area contributed by atoms with E-state index in [1.165, 1.54) is 5.56 Å². The molecule has 6 heteroatoms. The van der Waals surface area contributed by atoms with Crippen LogP contribution in [0.1, 0.15) is 58.8 Å². The van der Waals surface area contributed by atoms with Crippen molar-refractivity contribution >= 4 is 23.2 Å². The summed E-state index contributed by atoms with van der Waals surface area (Å²) in [5, 5.41) is 3.12. The second-order valence-electron chi connectivity index (χ2n) is 9.92. The van der Waals surface area contributed by atoms with Gasteiger partial charge < -0.3 is 14.8 Å². The number of benzene rings is 4. The van der Waals surface area contributed by atoms with Crippen molar-refractivity contribution in [3.8, 4) is 11.5 Å². The Morgan fingerprint density at radius 3 is 1.97 bits per heavy atom. The molecule has 0 saturated carbocycles. The summed E-state index contributed by atoms with van der Waals surface area (Å²) >= 11 is 0. The van der Waals surface area contributed by atoms with E-state index < -0.39 is 12.0 Å². The molecule has 198 valence electrons. The van der Waals surface area contributed by atoms with Crippen molar-refractivity contribution in [1.29, 1.82) is 0 Å². The molecule has 39 heavy (non-hydrogen) atoms. The summed E-state index contributed by atoms with van der Waals surface area (Å²) in [6, 6.07) is 29.6. The number of nitrogens with zero attached hydrogens (tertiary/aromatic N) is 1. The van der Waals surface area contributed by atoms with E-state index in [1.807, 2.05) is 91.0 Å². The molecule has 0 spiro atoms. The molecule has 1 aliphatic heterocycles. The predicted molar refractivity (Wildman–Crippen MR) is 154 cm³/mol. The fourth-order valence-corrected chi connectivity index (χ4v) is 5.16. The second kappa shape index (κ2) is 11.0. The largest absolute Gasteiger partial charge is 0.497 e. The molecule has 2 atom stereocenters. The monoisotopic (exact) mass is 520 g/mol. The molecule has 4 aromatic carbocycles. The minimum absolute atomic E-state index is 0.165. The summed E-state index contributed by atoms with van der Waals surface area (Å²) in [5.41, 5.74) is 4.62. The second-order valence-corrected chi connectivity index (χ2v) is 9.92. The first-order valence-electron chi connectivity index (χ1n) is 13.0. The average Bonchev–Trinajstić information content (AvgIpc) is 2.97. The van der Waals surface area contributed by atoms with E-state index in [4.69, 9.17) is 9.47 Å². The highest BCUT2D eigenvalue weighted by atomic mass is 16.5. The summed E-state index contributed by atoms with van der Waals surface area (Å²) in [7, 11) is 3.21. The molecule has 0 aromatic heterocycles. The highest BCUT2D eigenvalue weighted by Gasteiger charge is 2.45. The van der Waals surface area contributed by atoms with E-state index in [1.54, 1.807) is 25.2 Å². The van der Waals surface area contributed by atoms with Crippen LogP contribution in [0.25, 0.3) is 0 Å². The molecule has 0 unspecified atom stereocenters. The van der Waals surface area contributed by atoms with Crippen molar-refractivity contribution in [3.63, 3.8) is 0 Å². The first-order chi connectivity index (χ1) is 18.9. The van der Waals surface area contributed by atoms with Crippen LogP contribution in [0.15, 0.2) is 97.1 Å². The predicted octanol–water partition coefficient (Wildman–Crippen LogP) is 6.95. The van der Waals surface area contributed by atoms with Crippen LogP contribution in [0, 0.1) is 0 Å². The Hall–Kier alpha value is -4.58. The minimum atomic E-state index is -0.667. The van der Waals surface area contributed by atoms with Crippen LogP contribution in [0.5, 0.6) is 11.5 Å². The molecule has 1 aliphatic rings. The lowest BCUT2D eigenvalue weighted by atomic mass is 9.78. The number of carbonyl (C=O) groups excluding carboxylic acids is 2. The average molecular weight is 521 g/mol. The van der Waals surface area contributed by atoms with Gasteiger partial charge in [-0.25, -0.2) is 0 Å². The number of ether oxygens (including phenoxy) is 2. The van der Waals surface area contributed by atoms with Gasteiger partial charge in [0.05, 0.1) is 26.2 Å². The number of amides is 2. The smallest absolute Gasteiger partial charge is 0.259 e. The lowest BCUT2D eigenvalue weighted by molar-refractivity contribution is -0.118. The molecule has 0 saturated heterocycles. The minimum Gasteiger partial charge on any atom is -0.497 e. The molecule has 1 heterocycles. The number of anilines is 2. The van der Waals surface area contributed by atoms with Crippen molar-refractivity contribution in [2.75, 3.05) is 24.4 Å². The maximum atomic E-state index is 14.1. The first kappa shape index (κ1) is 26.0. The van der Waals surface area contributed by atoms with Crippen LogP contribution in [-0.2, 0) is 4.79 Å². The van der Waals surface area contributed by atoms with E-state index >= 15 is 0 Å². The molecule has 5 rings (SSSR count). The van der Waals surface area contributed by atoms with Crippen molar-refractivity contribution in [3.05, 3.63) is 119 Å². The van der Waals surface area contributed by atoms with Gasteiger partial charge in [-0.15, -0.1) is 0 Å². The van der Waals surface area contributed by atoms with E-state index in [9.17, 15) is 9.59 Å². The van der Waals surface area contributed by atoms with Gasteiger partial charge in [-0.1, -0.05) is 56.3 Å². The Bertz CT molecular complexity index is 1460. The Morgan fingerprint density at radius 1 is 0.795 bits per heavy atom. The van der Waals surface area contributed by atoms with Crippen molar-refractivity contribution in [2.24, 2.45) is 0 Å². The topological polar surface area (TPSA) is 67.9 Å². The standard InChI is InChI=1S/C33H32N2O4/c1-21(2)22-9-13-24(14-10-22)34-32(36)30-28-7-5-6-8-29(28)33(37)35(25-15-19-27(39-4)20-16-25)31(30)23-11-17-26(38-3)18-12-23/h5-21,30-31H,1-4H3,(H,34,36)/t30-,31+/m0/s1. The van der Waals surface area contributed by atoms with Gasteiger partial charge >= 0.3 is 0 Å². The third kappa shape index (κ3) is 5.10. The maximum absolute atomic E-state index is 14.1. The van der Waals surface area contributed by atoms with Gasteiger partial charge in [-0.3, -0.25) is 14.5 Å². The summed E-state index contributed by atoms with van der Waals surface area (Å²) < 4.78 is 10.7. The summed E-state index contributed by atoms with van der Waals surface area (Å²) in [5.74, 6) is 0.753. The summed E-state index contributed by atoms with van der Waals surface area (Å²) in [4.78, 5) is 29.9. The normalized spacial score (nSPS) is 16.5. The van der Waals surface area contributed by atoms with Gasteiger partial charge in [0.25, 0.3) is 5.91 Å².